The summed E-state index contributed by atoms with van der Waals surface area (Å²) in [5.74, 6) is 0. The zero-order chi connectivity index (χ0) is 10.5. The predicted molar refractivity (Wildman–Crippen MR) is 67.3 cm³/mol. The quantitative estimate of drug-likeness (QED) is 0.547. The first kappa shape index (κ1) is 8.23. The standard InChI is InChI=1S/C14H10BN/c1-3-11-7-9-13-5-2-6-14-10-8-12(4-1)15(11)16(13)14/h1-10H. The first-order valence-corrected chi connectivity index (χ1v) is 5.59. The van der Waals surface area contributed by atoms with Crippen molar-refractivity contribution in [3.63, 3.8) is 0 Å². The van der Waals surface area contributed by atoms with Crippen LogP contribution in [0.1, 0.15) is 0 Å². The minimum Gasteiger partial charge on any atom is -0.377 e. The fourth-order valence-electron chi connectivity index (χ4n) is 2.72. The van der Waals surface area contributed by atoms with Crippen LogP contribution in [-0.2, 0) is 0 Å². The highest BCUT2D eigenvalue weighted by atomic mass is 15.1. The second-order valence-corrected chi connectivity index (χ2v) is 4.34. The Labute approximate surface area is 95.2 Å². The summed E-state index contributed by atoms with van der Waals surface area (Å²) in [6.07, 6.45) is 21.9. The molecule has 0 aliphatic carbocycles. The van der Waals surface area contributed by atoms with Crippen LogP contribution in [0.2, 0.25) is 0 Å². The molecule has 1 nitrogen and oxygen atoms in total. The van der Waals surface area contributed by atoms with Crippen molar-refractivity contribution in [3.05, 3.63) is 83.1 Å². The van der Waals surface area contributed by atoms with Gasteiger partial charge in [-0.05, 0) is 24.3 Å². The van der Waals surface area contributed by atoms with Gasteiger partial charge >= 0.3 is 6.85 Å². The molecule has 0 fully saturated rings. The van der Waals surface area contributed by atoms with Gasteiger partial charge in [-0.2, -0.15) is 0 Å². The van der Waals surface area contributed by atoms with Gasteiger partial charge in [0, 0.05) is 11.4 Å². The molecule has 0 saturated heterocycles. The summed E-state index contributed by atoms with van der Waals surface area (Å²) in [4.78, 5) is 2.41. The van der Waals surface area contributed by atoms with Gasteiger partial charge in [0.15, 0.2) is 0 Å². The van der Waals surface area contributed by atoms with Crippen molar-refractivity contribution >= 4 is 6.85 Å². The monoisotopic (exact) mass is 203 g/mol. The van der Waals surface area contributed by atoms with Crippen LogP contribution >= 0.6 is 0 Å². The predicted octanol–water partition coefficient (Wildman–Crippen LogP) is 2.70. The maximum Gasteiger partial charge on any atom is 0.328 e. The van der Waals surface area contributed by atoms with Gasteiger partial charge in [0.25, 0.3) is 0 Å². The normalized spacial score (nSPS) is 23.5. The van der Waals surface area contributed by atoms with E-state index >= 15 is 0 Å². The second-order valence-electron chi connectivity index (χ2n) is 4.34. The van der Waals surface area contributed by atoms with Crippen LogP contribution in [0.4, 0.5) is 0 Å². The molecule has 4 rings (SSSR count). The summed E-state index contributed by atoms with van der Waals surface area (Å²) in [7, 11) is 0. The van der Waals surface area contributed by atoms with Crippen molar-refractivity contribution in [1.29, 1.82) is 0 Å². The molecule has 0 spiro atoms. The van der Waals surface area contributed by atoms with Crippen LogP contribution in [0.15, 0.2) is 83.1 Å². The summed E-state index contributed by atoms with van der Waals surface area (Å²) in [5.41, 5.74) is 5.34. The zero-order valence-electron chi connectivity index (χ0n) is 8.80. The third kappa shape index (κ3) is 0.916. The number of hydrogen-bond donors (Lipinski definition) is 0. The number of allylic oxidation sites excluding steroid dienone is 12. The van der Waals surface area contributed by atoms with Gasteiger partial charge in [-0.25, -0.2) is 0 Å². The molecule has 0 aromatic heterocycles. The molecule has 4 aliphatic rings. The summed E-state index contributed by atoms with van der Waals surface area (Å²) < 4.78 is 0. The van der Waals surface area contributed by atoms with Crippen LogP contribution in [0.5, 0.6) is 0 Å². The van der Waals surface area contributed by atoms with Crippen molar-refractivity contribution in [3.8, 4) is 0 Å². The molecular weight excluding hydrogens is 193 g/mol. The zero-order valence-corrected chi connectivity index (χ0v) is 8.80. The number of nitrogens with zero attached hydrogens (tertiary/aromatic N) is 1. The molecule has 4 aliphatic heterocycles. The first-order valence-electron chi connectivity index (χ1n) is 5.59. The average molecular weight is 203 g/mol. The van der Waals surface area contributed by atoms with Crippen molar-refractivity contribution in [2.24, 2.45) is 0 Å². The number of rotatable bonds is 0. The Kier molecular flexibility index (Phi) is 1.43. The van der Waals surface area contributed by atoms with Crippen molar-refractivity contribution in [2.45, 2.75) is 0 Å². The van der Waals surface area contributed by atoms with Gasteiger partial charge < -0.3 is 4.81 Å². The van der Waals surface area contributed by atoms with Crippen molar-refractivity contribution in [1.82, 2.24) is 4.81 Å². The van der Waals surface area contributed by atoms with Gasteiger partial charge in [-0.15, -0.1) is 0 Å². The van der Waals surface area contributed by atoms with E-state index in [0.29, 0.717) is 6.85 Å². The van der Waals surface area contributed by atoms with Crippen LogP contribution < -0.4 is 0 Å². The SMILES string of the molecule is C1=CC2=CC=C3C=CC=C4C=CC(=C1)B2N43. The lowest BCUT2D eigenvalue weighted by Crippen LogP contribution is -2.45. The van der Waals surface area contributed by atoms with Gasteiger partial charge in [-0.3, -0.25) is 0 Å². The highest BCUT2D eigenvalue weighted by molar-refractivity contribution is 6.74. The second kappa shape index (κ2) is 2.79. The Hall–Kier alpha value is -1.96. The Bertz CT molecular complexity index is 530. The number of hydrogen-bond acceptors (Lipinski definition) is 1. The van der Waals surface area contributed by atoms with E-state index in [4.69, 9.17) is 0 Å². The van der Waals surface area contributed by atoms with Gasteiger partial charge in [-0.1, -0.05) is 47.4 Å². The maximum atomic E-state index is 2.41. The summed E-state index contributed by atoms with van der Waals surface area (Å²) >= 11 is 0. The third-order valence-corrected chi connectivity index (χ3v) is 3.45. The average Bonchev–Trinajstić information content (AvgIpc) is 2.36. The van der Waals surface area contributed by atoms with Crippen molar-refractivity contribution < 1.29 is 0 Å². The van der Waals surface area contributed by atoms with Crippen LogP contribution in [0.25, 0.3) is 0 Å². The molecule has 0 radical (unpaired) electrons. The molecule has 0 amide bonds. The fourth-order valence-corrected chi connectivity index (χ4v) is 2.72. The largest absolute Gasteiger partial charge is 0.377 e. The lowest BCUT2D eigenvalue weighted by atomic mass is 9.43. The van der Waals surface area contributed by atoms with E-state index in [0.717, 1.165) is 0 Å². The minimum atomic E-state index is 0.395. The summed E-state index contributed by atoms with van der Waals surface area (Å²) in [6.45, 7) is 0.395. The Balaban J connectivity index is 2.02. The van der Waals surface area contributed by atoms with E-state index in [1.807, 2.05) is 0 Å². The topological polar surface area (TPSA) is 3.24 Å². The maximum absolute atomic E-state index is 2.41. The fraction of sp³-hybridized carbons (Fsp3) is 0. The molecule has 4 heterocycles. The molecule has 0 unspecified atom stereocenters. The molecule has 0 atom stereocenters. The molecule has 0 N–H and O–H groups in total. The molecule has 0 aromatic carbocycles. The van der Waals surface area contributed by atoms with E-state index in [9.17, 15) is 0 Å². The van der Waals surface area contributed by atoms with E-state index in [-0.39, 0.29) is 0 Å². The first-order chi connectivity index (χ1) is 7.93. The highest BCUT2D eigenvalue weighted by Crippen LogP contribution is 2.36. The molecule has 2 heteroatoms. The molecule has 74 valence electrons. The molecule has 0 saturated carbocycles. The summed E-state index contributed by atoms with van der Waals surface area (Å²) in [5, 5.41) is 0. The minimum absolute atomic E-state index is 0.395. The van der Waals surface area contributed by atoms with E-state index in [1.165, 1.54) is 22.3 Å². The molecule has 0 aromatic rings. The Morgan fingerprint density at radius 1 is 0.688 bits per heavy atom. The summed E-state index contributed by atoms with van der Waals surface area (Å²) in [6, 6.07) is 0. The van der Waals surface area contributed by atoms with Crippen LogP contribution in [-0.4, -0.2) is 11.7 Å². The van der Waals surface area contributed by atoms with Crippen LogP contribution in [0, 0.1) is 0 Å². The van der Waals surface area contributed by atoms with E-state index < -0.39 is 0 Å². The Morgan fingerprint density at radius 2 is 1.50 bits per heavy atom. The van der Waals surface area contributed by atoms with Crippen LogP contribution in [0.3, 0.4) is 0 Å². The lowest BCUT2D eigenvalue weighted by Gasteiger charge is -2.41. The molecule has 16 heavy (non-hydrogen) atoms. The van der Waals surface area contributed by atoms with E-state index in [1.54, 1.807) is 0 Å². The van der Waals surface area contributed by atoms with Crippen molar-refractivity contribution in [2.75, 3.05) is 0 Å². The van der Waals surface area contributed by atoms with Gasteiger partial charge in [0.1, 0.15) is 0 Å². The van der Waals surface area contributed by atoms with Gasteiger partial charge in [0.05, 0.1) is 0 Å². The smallest absolute Gasteiger partial charge is 0.328 e. The molecular formula is C14H10BN. The highest BCUT2D eigenvalue weighted by Gasteiger charge is 2.37. The van der Waals surface area contributed by atoms with E-state index in [2.05, 4.69) is 65.6 Å². The third-order valence-electron chi connectivity index (χ3n) is 3.45. The molecule has 0 bridgehead atoms. The van der Waals surface area contributed by atoms with Gasteiger partial charge in [0.2, 0.25) is 0 Å². The Morgan fingerprint density at radius 3 is 2.50 bits per heavy atom. The lowest BCUT2D eigenvalue weighted by molar-refractivity contribution is 0.683.